The standard InChI is InChI=1S/C20H25NO4/c1-6-25-17-9-8-16(11-13(17)2)20(22)21-14(3)15-7-10-18(23-4)19(12-15)24-5/h7-12,14H,6H2,1-5H3,(H,21,22). The van der Waals surface area contributed by atoms with E-state index in [-0.39, 0.29) is 11.9 Å². The van der Waals surface area contributed by atoms with Gasteiger partial charge in [0.1, 0.15) is 5.75 Å². The fourth-order valence-electron chi connectivity index (χ4n) is 2.59. The van der Waals surface area contributed by atoms with E-state index in [9.17, 15) is 4.79 Å². The van der Waals surface area contributed by atoms with Gasteiger partial charge >= 0.3 is 0 Å². The number of ether oxygens (including phenoxy) is 3. The van der Waals surface area contributed by atoms with E-state index in [1.807, 2.05) is 51.1 Å². The summed E-state index contributed by atoms with van der Waals surface area (Å²) < 4.78 is 16.1. The fourth-order valence-corrected chi connectivity index (χ4v) is 2.59. The Bertz CT molecular complexity index is 742. The van der Waals surface area contributed by atoms with Crippen LogP contribution in [0.25, 0.3) is 0 Å². The monoisotopic (exact) mass is 343 g/mol. The number of rotatable bonds is 7. The number of hydrogen-bond acceptors (Lipinski definition) is 4. The molecule has 0 aromatic heterocycles. The van der Waals surface area contributed by atoms with E-state index in [2.05, 4.69) is 5.32 Å². The Labute approximate surface area is 148 Å². The largest absolute Gasteiger partial charge is 0.494 e. The van der Waals surface area contributed by atoms with Crippen molar-refractivity contribution < 1.29 is 19.0 Å². The molecule has 25 heavy (non-hydrogen) atoms. The molecular formula is C20H25NO4. The molecule has 0 aliphatic heterocycles. The first-order valence-electron chi connectivity index (χ1n) is 8.26. The van der Waals surface area contributed by atoms with Crippen LogP contribution >= 0.6 is 0 Å². The lowest BCUT2D eigenvalue weighted by Crippen LogP contribution is -2.26. The molecule has 1 unspecified atom stereocenters. The molecule has 0 fully saturated rings. The SMILES string of the molecule is CCOc1ccc(C(=O)NC(C)c2ccc(OC)c(OC)c2)cc1C. The summed E-state index contributed by atoms with van der Waals surface area (Å²) in [5.74, 6) is 1.96. The zero-order valence-electron chi connectivity index (χ0n) is 15.4. The van der Waals surface area contributed by atoms with E-state index < -0.39 is 0 Å². The summed E-state index contributed by atoms with van der Waals surface area (Å²) in [5, 5.41) is 3.00. The van der Waals surface area contributed by atoms with Crippen molar-refractivity contribution in [3.8, 4) is 17.2 Å². The average molecular weight is 343 g/mol. The smallest absolute Gasteiger partial charge is 0.251 e. The molecule has 5 heteroatoms. The number of nitrogens with one attached hydrogen (secondary N) is 1. The highest BCUT2D eigenvalue weighted by molar-refractivity contribution is 5.94. The Hall–Kier alpha value is -2.69. The van der Waals surface area contributed by atoms with Gasteiger partial charge in [-0.1, -0.05) is 6.07 Å². The number of methoxy groups -OCH3 is 2. The predicted molar refractivity (Wildman–Crippen MR) is 97.8 cm³/mol. The second kappa shape index (κ2) is 8.42. The van der Waals surface area contributed by atoms with Crippen molar-refractivity contribution in [3.05, 3.63) is 53.1 Å². The van der Waals surface area contributed by atoms with Crippen molar-refractivity contribution >= 4 is 5.91 Å². The highest BCUT2D eigenvalue weighted by Crippen LogP contribution is 2.30. The van der Waals surface area contributed by atoms with Crippen LogP contribution in [0.4, 0.5) is 0 Å². The summed E-state index contributed by atoms with van der Waals surface area (Å²) >= 11 is 0. The van der Waals surface area contributed by atoms with E-state index in [1.165, 1.54) is 0 Å². The minimum atomic E-state index is -0.167. The van der Waals surface area contributed by atoms with Crippen molar-refractivity contribution in [1.82, 2.24) is 5.32 Å². The van der Waals surface area contributed by atoms with Crippen molar-refractivity contribution in [3.63, 3.8) is 0 Å². The Morgan fingerprint density at radius 3 is 2.32 bits per heavy atom. The van der Waals surface area contributed by atoms with Gasteiger partial charge in [0.2, 0.25) is 0 Å². The maximum absolute atomic E-state index is 12.5. The Morgan fingerprint density at radius 2 is 1.72 bits per heavy atom. The van der Waals surface area contributed by atoms with E-state index in [4.69, 9.17) is 14.2 Å². The van der Waals surface area contributed by atoms with E-state index in [1.54, 1.807) is 20.3 Å². The van der Waals surface area contributed by atoms with Crippen LogP contribution in [-0.2, 0) is 0 Å². The molecule has 2 aromatic carbocycles. The van der Waals surface area contributed by atoms with Crippen LogP contribution in [0.15, 0.2) is 36.4 Å². The molecular weight excluding hydrogens is 318 g/mol. The molecule has 0 spiro atoms. The highest BCUT2D eigenvalue weighted by Gasteiger charge is 2.15. The third-order valence-corrected chi connectivity index (χ3v) is 3.99. The average Bonchev–Trinajstić information content (AvgIpc) is 2.62. The summed E-state index contributed by atoms with van der Waals surface area (Å²) in [4.78, 5) is 12.5. The van der Waals surface area contributed by atoms with Gasteiger partial charge in [-0.3, -0.25) is 4.79 Å². The van der Waals surface area contributed by atoms with Gasteiger partial charge in [-0.2, -0.15) is 0 Å². The zero-order chi connectivity index (χ0) is 18.4. The molecule has 0 heterocycles. The van der Waals surface area contributed by atoms with Gasteiger partial charge in [0.25, 0.3) is 5.91 Å². The van der Waals surface area contributed by atoms with Crippen molar-refractivity contribution in [2.45, 2.75) is 26.8 Å². The van der Waals surface area contributed by atoms with Crippen molar-refractivity contribution in [2.24, 2.45) is 0 Å². The quantitative estimate of drug-likeness (QED) is 0.828. The first kappa shape index (κ1) is 18.6. The van der Waals surface area contributed by atoms with Gasteiger partial charge in [-0.25, -0.2) is 0 Å². The Kier molecular flexibility index (Phi) is 6.28. The molecule has 1 amide bonds. The second-order valence-corrected chi connectivity index (χ2v) is 5.72. The van der Waals surface area contributed by atoms with Crippen LogP contribution in [0.3, 0.4) is 0 Å². The molecule has 1 N–H and O–H groups in total. The molecule has 0 aliphatic rings. The maximum atomic E-state index is 12.5. The number of amides is 1. The minimum absolute atomic E-state index is 0.131. The van der Waals surface area contributed by atoms with Gasteiger partial charge in [0, 0.05) is 5.56 Å². The van der Waals surface area contributed by atoms with Crippen LogP contribution in [0, 0.1) is 6.92 Å². The summed E-state index contributed by atoms with van der Waals surface area (Å²) in [6.45, 7) is 6.40. The zero-order valence-corrected chi connectivity index (χ0v) is 15.4. The molecule has 1 atom stereocenters. The first-order valence-corrected chi connectivity index (χ1v) is 8.26. The number of benzene rings is 2. The normalized spacial score (nSPS) is 11.6. The van der Waals surface area contributed by atoms with E-state index >= 15 is 0 Å². The van der Waals surface area contributed by atoms with Crippen LogP contribution in [0.5, 0.6) is 17.2 Å². The third kappa shape index (κ3) is 4.44. The minimum Gasteiger partial charge on any atom is -0.494 e. The molecule has 0 aliphatic carbocycles. The second-order valence-electron chi connectivity index (χ2n) is 5.72. The summed E-state index contributed by atoms with van der Waals surface area (Å²) in [6.07, 6.45) is 0. The van der Waals surface area contributed by atoms with Crippen LogP contribution in [0.1, 0.15) is 41.4 Å². The van der Waals surface area contributed by atoms with Crippen LogP contribution in [0.2, 0.25) is 0 Å². The topological polar surface area (TPSA) is 56.8 Å². The van der Waals surface area contributed by atoms with Gasteiger partial charge in [0.15, 0.2) is 11.5 Å². The van der Waals surface area contributed by atoms with Gasteiger partial charge < -0.3 is 19.5 Å². The predicted octanol–water partition coefficient (Wildman–Crippen LogP) is 3.90. The summed E-state index contributed by atoms with van der Waals surface area (Å²) in [7, 11) is 3.19. The van der Waals surface area contributed by atoms with Crippen LogP contribution < -0.4 is 19.5 Å². The molecule has 0 saturated carbocycles. The lowest BCUT2D eigenvalue weighted by Gasteiger charge is -2.17. The van der Waals surface area contributed by atoms with E-state index in [0.29, 0.717) is 23.7 Å². The Balaban J connectivity index is 2.13. The lowest BCUT2D eigenvalue weighted by molar-refractivity contribution is 0.0939. The molecule has 0 bridgehead atoms. The lowest BCUT2D eigenvalue weighted by atomic mass is 10.1. The Morgan fingerprint density at radius 1 is 1.04 bits per heavy atom. The highest BCUT2D eigenvalue weighted by atomic mass is 16.5. The summed E-state index contributed by atoms with van der Waals surface area (Å²) in [5.41, 5.74) is 2.48. The third-order valence-electron chi connectivity index (χ3n) is 3.99. The van der Waals surface area contributed by atoms with Crippen molar-refractivity contribution in [1.29, 1.82) is 0 Å². The molecule has 134 valence electrons. The number of carbonyl (C=O) groups is 1. The number of hydrogen-bond donors (Lipinski definition) is 1. The maximum Gasteiger partial charge on any atom is 0.251 e. The molecule has 2 rings (SSSR count). The van der Waals surface area contributed by atoms with Gasteiger partial charge in [-0.05, 0) is 62.2 Å². The number of aryl methyl sites for hydroxylation is 1. The first-order chi connectivity index (χ1) is 12.0. The van der Waals surface area contributed by atoms with E-state index in [0.717, 1.165) is 16.9 Å². The number of carbonyl (C=O) groups excluding carboxylic acids is 1. The molecule has 0 radical (unpaired) electrons. The van der Waals surface area contributed by atoms with Crippen molar-refractivity contribution in [2.75, 3.05) is 20.8 Å². The van der Waals surface area contributed by atoms with Crippen LogP contribution in [-0.4, -0.2) is 26.7 Å². The molecule has 0 saturated heterocycles. The van der Waals surface area contributed by atoms with Gasteiger partial charge in [-0.15, -0.1) is 0 Å². The molecule has 2 aromatic rings. The summed E-state index contributed by atoms with van der Waals surface area (Å²) in [6, 6.07) is 10.9. The fraction of sp³-hybridized carbons (Fsp3) is 0.350. The van der Waals surface area contributed by atoms with Gasteiger partial charge in [0.05, 0.1) is 26.9 Å². The molecule has 5 nitrogen and oxygen atoms in total.